The molecule has 0 aliphatic heterocycles. The second-order valence-electron chi connectivity index (χ2n) is 4.12. The monoisotopic (exact) mass is 249 g/mol. The predicted octanol–water partition coefficient (Wildman–Crippen LogP) is 0.792. The smallest absolute Gasteiger partial charge is 0.318 e. The Labute approximate surface area is 107 Å². The molecule has 0 heterocycles. The summed E-state index contributed by atoms with van der Waals surface area (Å²) in [5, 5.41) is 5.08. The molecular formula is C13H19N3O2. The summed E-state index contributed by atoms with van der Waals surface area (Å²) in [6.07, 6.45) is 1.89. The van der Waals surface area contributed by atoms with Crippen LogP contribution < -0.4 is 16.4 Å². The molecule has 0 saturated carbocycles. The minimum atomic E-state index is -0.821. The summed E-state index contributed by atoms with van der Waals surface area (Å²) in [5.74, 6) is -0.401. The van der Waals surface area contributed by atoms with Gasteiger partial charge in [-0.3, -0.25) is 10.1 Å². The lowest BCUT2D eigenvalue weighted by Crippen LogP contribution is -2.46. The maximum atomic E-state index is 11.3. The van der Waals surface area contributed by atoms with Crippen molar-refractivity contribution in [2.45, 2.75) is 25.8 Å². The average Bonchev–Trinajstić information content (AvgIpc) is 2.34. The number of nitrogens with two attached hydrogens (primary N) is 1. The van der Waals surface area contributed by atoms with E-state index in [0.29, 0.717) is 6.54 Å². The van der Waals surface area contributed by atoms with Crippen molar-refractivity contribution < 1.29 is 9.59 Å². The van der Waals surface area contributed by atoms with Crippen LogP contribution in [0.2, 0.25) is 0 Å². The average molecular weight is 249 g/mol. The van der Waals surface area contributed by atoms with Crippen molar-refractivity contribution in [2.24, 2.45) is 5.73 Å². The number of hydrogen-bond acceptors (Lipinski definition) is 3. The number of benzene rings is 1. The van der Waals surface area contributed by atoms with Crippen LogP contribution in [0, 0.1) is 0 Å². The first-order valence-electron chi connectivity index (χ1n) is 5.97. The molecule has 0 aliphatic rings. The molecule has 4 N–H and O–H groups in total. The summed E-state index contributed by atoms with van der Waals surface area (Å²) in [7, 11) is 0. The molecule has 1 aromatic rings. The van der Waals surface area contributed by atoms with Gasteiger partial charge in [-0.15, -0.1) is 0 Å². The van der Waals surface area contributed by atoms with Crippen molar-refractivity contribution in [3.63, 3.8) is 0 Å². The molecule has 1 aromatic carbocycles. The van der Waals surface area contributed by atoms with Gasteiger partial charge in [0.25, 0.3) is 0 Å². The maximum Gasteiger partial charge on any atom is 0.318 e. The Morgan fingerprint density at radius 1 is 1.28 bits per heavy atom. The number of nitrogens with one attached hydrogen (secondary N) is 2. The molecule has 5 heteroatoms. The molecule has 0 saturated heterocycles. The molecule has 0 fully saturated rings. The van der Waals surface area contributed by atoms with E-state index in [9.17, 15) is 9.59 Å². The Hall–Kier alpha value is -1.88. The van der Waals surface area contributed by atoms with Gasteiger partial charge in [0.15, 0.2) is 0 Å². The van der Waals surface area contributed by atoms with Gasteiger partial charge in [0.05, 0.1) is 6.04 Å². The van der Waals surface area contributed by atoms with Crippen LogP contribution in [-0.4, -0.2) is 24.5 Å². The number of imide groups is 1. The first kappa shape index (κ1) is 14.2. The molecular weight excluding hydrogens is 230 g/mol. The van der Waals surface area contributed by atoms with E-state index in [1.54, 1.807) is 6.92 Å². The SMILES string of the molecule is CC(NCCCc1ccccc1)C(=O)NC(N)=O. The van der Waals surface area contributed by atoms with Crippen LogP contribution in [0.25, 0.3) is 0 Å². The van der Waals surface area contributed by atoms with Crippen molar-refractivity contribution in [3.05, 3.63) is 35.9 Å². The van der Waals surface area contributed by atoms with Gasteiger partial charge in [0.1, 0.15) is 0 Å². The quantitative estimate of drug-likeness (QED) is 0.652. The van der Waals surface area contributed by atoms with Crippen molar-refractivity contribution in [3.8, 4) is 0 Å². The van der Waals surface area contributed by atoms with E-state index < -0.39 is 18.0 Å². The highest BCUT2D eigenvalue weighted by Crippen LogP contribution is 2.01. The number of aryl methyl sites for hydroxylation is 1. The minimum absolute atomic E-state index is 0.401. The molecule has 0 radical (unpaired) electrons. The fourth-order valence-electron chi connectivity index (χ4n) is 1.58. The summed E-state index contributed by atoms with van der Waals surface area (Å²) in [6.45, 7) is 2.41. The van der Waals surface area contributed by atoms with Gasteiger partial charge in [0, 0.05) is 0 Å². The number of primary amides is 1. The van der Waals surface area contributed by atoms with Gasteiger partial charge < -0.3 is 11.1 Å². The maximum absolute atomic E-state index is 11.3. The van der Waals surface area contributed by atoms with Crippen molar-refractivity contribution >= 4 is 11.9 Å². The van der Waals surface area contributed by atoms with Crippen LogP contribution in [-0.2, 0) is 11.2 Å². The molecule has 0 aliphatic carbocycles. The van der Waals surface area contributed by atoms with E-state index in [1.807, 2.05) is 23.5 Å². The van der Waals surface area contributed by atoms with Gasteiger partial charge in [-0.05, 0) is 31.9 Å². The molecule has 1 rings (SSSR count). The van der Waals surface area contributed by atoms with Crippen molar-refractivity contribution in [1.29, 1.82) is 0 Å². The van der Waals surface area contributed by atoms with Crippen LogP contribution >= 0.6 is 0 Å². The van der Waals surface area contributed by atoms with E-state index in [4.69, 9.17) is 5.73 Å². The Morgan fingerprint density at radius 3 is 2.56 bits per heavy atom. The lowest BCUT2D eigenvalue weighted by molar-refractivity contribution is -0.121. The van der Waals surface area contributed by atoms with Gasteiger partial charge in [-0.2, -0.15) is 0 Å². The second kappa shape index (κ2) is 7.45. The topological polar surface area (TPSA) is 84.2 Å². The number of carbonyl (C=O) groups is 2. The molecule has 1 atom stereocenters. The molecule has 98 valence electrons. The third-order valence-electron chi connectivity index (χ3n) is 2.58. The van der Waals surface area contributed by atoms with E-state index in [-0.39, 0.29) is 0 Å². The van der Waals surface area contributed by atoms with Crippen LogP contribution in [0.1, 0.15) is 18.9 Å². The molecule has 3 amide bonds. The van der Waals surface area contributed by atoms with Crippen LogP contribution in [0.5, 0.6) is 0 Å². The third kappa shape index (κ3) is 5.45. The predicted molar refractivity (Wildman–Crippen MR) is 70.0 cm³/mol. The van der Waals surface area contributed by atoms with E-state index in [0.717, 1.165) is 12.8 Å². The zero-order chi connectivity index (χ0) is 13.4. The molecule has 0 spiro atoms. The molecule has 18 heavy (non-hydrogen) atoms. The summed E-state index contributed by atoms with van der Waals surface area (Å²) < 4.78 is 0. The highest BCUT2D eigenvalue weighted by molar-refractivity contribution is 5.96. The number of carbonyl (C=O) groups excluding carboxylic acids is 2. The summed E-state index contributed by atoms with van der Waals surface area (Å²) in [5.41, 5.74) is 6.14. The number of rotatable bonds is 6. The van der Waals surface area contributed by atoms with Crippen LogP contribution in [0.3, 0.4) is 0 Å². The highest BCUT2D eigenvalue weighted by Gasteiger charge is 2.12. The Morgan fingerprint density at radius 2 is 1.94 bits per heavy atom. The van der Waals surface area contributed by atoms with E-state index >= 15 is 0 Å². The summed E-state index contributed by atoms with van der Waals surface area (Å²) >= 11 is 0. The standard InChI is InChI=1S/C13H19N3O2/c1-10(12(17)16-13(14)18)15-9-5-8-11-6-3-2-4-7-11/h2-4,6-7,10,15H,5,8-9H2,1H3,(H3,14,16,17,18). The van der Waals surface area contributed by atoms with E-state index in [1.165, 1.54) is 5.56 Å². The van der Waals surface area contributed by atoms with Gasteiger partial charge in [-0.25, -0.2) is 4.79 Å². The molecule has 0 aromatic heterocycles. The zero-order valence-corrected chi connectivity index (χ0v) is 10.5. The van der Waals surface area contributed by atoms with Gasteiger partial charge in [-0.1, -0.05) is 30.3 Å². The number of hydrogen-bond donors (Lipinski definition) is 3. The molecule has 1 unspecified atom stereocenters. The minimum Gasteiger partial charge on any atom is -0.351 e. The largest absolute Gasteiger partial charge is 0.351 e. The van der Waals surface area contributed by atoms with Crippen LogP contribution in [0.4, 0.5) is 4.79 Å². The highest BCUT2D eigenvalue weighted by atomic mass is 16.2. The Kier molecular flexibility index (Phi) is 5.87. The Balaban J connectivity index is 2.18. The number of amides is 3. The fraction of sp³-hybridized carbons (Fsp3) is 0.385. The van der Waals surface area contributed by atoms with Crippen LogP contribution in [0.15, 0.2) is 30.3 Å². The third-order valence-corrected chi connectivity index (χ3v) is 2.58. The first-order chi connectivity index (χ1) is 8.59. The van der Waals surface area contributed by atoms with Crippen molar-refractivity contribution in [2.75, 3.05) is 6.54 Å². The van der Waals surface area contributed by atoms with Gasteiger partial charge in [0.2, 0.25) is 5.91 Å². The second-order valence-corrected chi connectivity index (χ2v) is 4.12. The van der Waals surface area contributed by atoms with Crippen molar-refractivity contribution in [1.82, 2.24) is 10.6 Å². The normalized spacial score (nSPS) is 11.8. The zero-order valence-electron chi connectivity index (χ0n) is 10.5. The summed E-state index contributed by atoms with van der Waals surface area (Å²) in [4.78, 5) is 21.8. The lowest BCUT2D eigenvalue weighted by atomic mass is 10.1. The van der Waals surface area contributed by atoms with Gasteiger partial charge >= 0.3 is 6.03 Å². The number of urea groups is 1. The van der Waals surface area contributed by atoms with E-state index in [2.05, 4.69) is 17.4 Å². The first-order valence-corrected chi connectivity index (χ1v) is 5.97. The molecule has 0 bridgehead atoms. The summed E-state index contributed by atoms with van der Waals surface area (Å²) in [6, 6.07) is 8.90. The fourth-order valence-corrected chi connectivity index (χ4v) is 1.58. The lowest BCUT2D eigenvalue weighted by Gasteiger charge is -2.12. The molecule has 5 nitrogen and oxygen atoms in total. The Bertz CT molecular complexity index is 392.